The number of amides is 1. The van der Waals surface area contributed by atoms with E-state index in [0.29, 0.717) is 0 Å². The molecule has 17 heavy (non-hydrogen) atoms. The highest BCUT2D eigenvalue weighted by Crippen LogP contribution is 2.31. The summed E-state index contributed by atoms with van der Waals surface area (Å²) in [5.74, 6) is 0.458. The van der Waals surface area contributed by atoms with Crippen LogP contribution < -0.4 is 5.32 Å². The molecule has 0 saturated carbocycles. The number of hydrogen-bond acceptors (Lipinski definition) is 1. The van der Waals surface area contributed by atoms with E-state index >= 15 is 0 Å². The van der Waals surface area contributed by atoms with Gasteiger partial charge in [0.15, 0.2) is 0 Å². The molecule has 0 aromatic carbocycles. The zero-order valence-electron chi connectivity index (χ0n) is 11.8. The number of rotatable bonds is 0. The van der Waals surface area contributed by atoms with Gasteiger partial charge in [-0.1, -0.05) is 59.3 Å². The van der Waals surface area contributed by atoms with Gasteiger partial charge < -0.3 is 5.32 Å². The maximum Gasteiger partial charge on any atom is 0.223 e. The Balaban J connectivity index is 2.54. The van der Waals surface area contributed by atoms with Crippen molar-refractivity contribution < 1.29 is 4.79 Å². The van der Waals surface area contributed by atoms with Gasteiger partial charge in [-0.05, 0) is 18.3 Å². The van der Waals surface area contributed by atoms with E-state index in [1.807, 2.05) is 0 Å². The summed E-state index contributed by atoms with van der Waals surface area (Å²) < 4.78 is 0. The van der Waals surface area contributed by atoms with Crippen LogP contribution in [0, 0.1) is 11.3 Å². The summed E-state index contributed by atoms with van der Waals surface area (Å²) >= 11 is 0. The van der Waals surface area contributed by atoms with Crippen LogP contribution in [0.5, 0.6) is 0 Å². The Kier molecular flexibility index (Phi) is 6.01. The Morgan fingerprint density at radius 2 is 1.47 bits per heavy atom. The molecule has 2 nitrogen and oxygen atoms in total. The van der Waals surface area contributed by atoms with Crippen molar-refractivity contribution in [3.05, 3.63) is 0 Å². The lowest BCUT2D eigenvalue weighted by molar-refractivity contribution is -0.128. The smallest absolute Gasteiger partial charge is 0.223 e. The Bertz CT molecular complexity index is 230. The maximum absolute atomic E-state index is 12.2. The van der Waals surface area contributed by atoms with E-state index in [1.165, 1.54) is 38.5 Å². The van der Waals surface area contributed by atoms with Gasteiger partial charge in [-0.25, -0.2) is 0 Å². The highest BCUT2D eigenvalue weighted by atomic mass is 16.1. The van der Waals surface area contributed by atoms with Crippen LogP contribution in [-0.2, 0) is 4.79 Å². The zero-order valence-corrected chi connectivity index (χ0v) is 11.8. The molecule has 1 aliphatic heterocycles. The molecule has 0 aliphatic carbocycles. The lowest BCUT2D eigenvalue weighted by atomic mass is 9.77. The van der Waals surface area contributed by atoms with Crippen LogP contribution in [0.2, 0.25) is 0 Å². The first kappa shape index (κ1) is 14.5. The van der Waals surface area contributed by atoms with Crippen molar-refractivity contribution >= 4 is 5.91 Å². The lowest BCUT2D eigenvalue weighted by Gasteiger charge is -2.30. The van der Waals surface area contributed by atoms with Crippen molar-refractivity contribution in [1.82, 2.24) is 5.32 Å². The van der Waals surface area contributed by atoms with Crippen molar-refractivity contribution in [2.24, 2.45) is 11.3 Å². The molecule has 0 bridgehead atoms. The second-order valence-electron chi connectivity index (χ2n) is 6.47. The van der Waals surface area contributed by atoms with E-state index in [4.69, 9.17) is 0 Å². The fraction of sp³-hybridized carbons (Fsp3) is 0.933. The summed E-state index contributed by atoms with van der Waals surface area (Å²) in [5, 5.41) is 3.12. The molecule has 1 amide bonds. The monoisotopic (exact) mass is 239 g/mol. The zero-order chi connectivity index (χ0) is 12.7. The summed E-state index contributed by atoms with van der Waals surface area (Å²) in [7, 11) is 0. The summed E-state index contributed by atoms with van der Waals surface area (Å²) in [5.41, 5.74) is 0.0915. The first-order valence-corrected chi connectivity index (χ1v) is 7.29. The van der Waals surface area contributed by atoms with Gasteiger partial charge in [-0.2, -0.15) is 0 Å². The molecule has 1 N–H and O–H groups in total. The predicted octanol–water partition coefficient (Wildman–Crippen LogP) is 3.90. The van der Waals surface area contributed by atoms with Gasteiger partial charge in [0.1, 0.15) is 0 Å². The fourth-order valence-corrected chi connectivity index (χ4v) is 2.65. The van der Waals surface area contributed by atoms with E-state index in [-0.39, 0.29) is 17.2 Å². The van der Waals surface area contributed by atoms with Crippen LogP contribution >= 0.6 is 0 Å². The topological polar surface area (TPSA) is 29.1 Å². The van der Waals surface area contributed by atoms with Gasteiger partial charge >= 0.3 is 0 Å². The summed E-state index contributed by atoms with van der Waals surface area (Å²) in [6, 6.07) is 0. The molecule has 1 unspecified atom stereocenters. The SMILES string of the molecule is CC(C)(C)C1CCCCCCCCCNC1=O. The molecule has 0 radical (unpaired) electrons. The normalized spacial score (nSPS) is 25.6. The molecule has 1 fully saturated rings. The van der Waals surface area contributed by atoms with E-state index < -0.39 is 0 Å². The molecule has 100 valence electrons. The summed E-state index contributed by atoms with van der Waals surface area (Å²) in [6.07, 6.45) is 10.00. The van der Waals surface area contributed by atoms with Gasteiger partial charge in [0.05, 0.1) is 0 Å². The number of carbonyl (C=O) groups excluding carboxylic acids is 1. The van der Waals surface area contributed by atoms with Gasteiger partial charge in [0.25, 0.3) is 0 Å². The minimum atomic E-state index is 0.0915. The van der Waals surface area contributed by atoms with Crippen LogP contribution in [0.25, 0.3) is 0 Å². The highest BCUT2D eigenvalue weighted by molar-refractivity contribution is 5.79. The molecule has 2 heteroatoms. The molecular formula is C15H29NO. The van der Waals surface area contributed by atoms with Crippen molar-refractivity contribution in [3.63, 3.8) is 0 Å². The average molecular weight is 239 g/mol. The second-order valence-corrected chi connectivity index (χ2v) is 6.47. The van der Waals surface area contributed by atoms with Crippen LogP contribution in [0.3, 0.4) is 0 Å². The predicted molar refractivity (Wildman–Crippen MR) is 72.9 cm³/mol. The van der Waals surface area contributed by atoms with Crippen LogP contribution in [0.1, 0.15) is 72.1 Å². The first-order chi connectivity index (χ1) is 8.02. The number of carbonyl (C=O) groups is 1. The van der Waals surface area contributed by atoms with E-state index in [9.17, 15) is 4.79 Å². The molecule has 0 spiro atoms. The fourth-order valence-electron chi connectivity index (χ4n) is 2.65. The van der Waals surface area contributed by atoms with Gasteiger partial charge in [0, 0.05) is 12.5 Å². The quantitative estimate of drug-likeness (QED) is 0.682. The third kappa shape index (κ3) is 5.56. The largest absolute Gasteiger partial charge is 0.356 e. The van der Waals surface area contributed by atoms with Crippen LogP contribution in [0.15, 0.2) is 0 Å². The number of nitrogens with one attached hydrogen (secondary N) is 1. The van der Waals surface area contributed by atoms with Crippen molar-refractivity contribution in [3.8, 4) is 0 Å². The standard InChI is InChI=1S/C15H29NO/c1-15(2,3)13-11-9-7-5-4-6-8-10-12-16-14(13)17/h13H,4-12H2,1-3H3,(H,16,17). The minimum absolute atomic E-state index is 0.0915. The molecular weight excluding hydrogens is 210 g/mol. The van der Waals surface area contributed by atoms with E-state index in [1.54, 1.807) is 0 Å². The van der Waals surface area contributed by atoms with Crippen LogP contribution in [0.4, 0.5) is 0 Å². The maximum atomic E-state index is 12.2. The summed E-state index contributed by atoms with van der Waals surface area (Å²) in [4.78, 5) is 12.2. The third-order valence-corrected chi connectivity index (χ3v) is 3.83. The average Bonchev–Trinajstić information content (AvgIpc) is 2.21. The molecule has 1 rings (SSSR count). The molecule has 1 heterocycles. The molecule has 1 aliphatic rings. The van der Waals surface area contributed by atoms with Crippen molar-refractivity contribution in [2.45, 2.75) is 72.1 Å². The van der Waals surface area contributed by atoms with E-state index in [2.05, 4.69) is 26.1 Å². The molecule has 1 saturated heterocycles. The highest BCUT2D eigenvalue weighted by Gasteiger charge is 2.30. The van der Waals surface area contributed by atoms with Gasteiger partial charge in [-0.3, -0.25) is 4.79 Å². The Morgan fingerprint density at radius 3 is 2.06 bits per heavy atom. The van der Waals surface area contributed by atoms with Crippen molar-refractivity contribution in [2.75, 3.05) is 6.54 Å². The van der Waals surface area contributed by atoms with Crippen LogP contribution in [-0.4, -0.2) is 12.5 Å². The second kappa shape index (κ2) is 7.03. The third-order valence-electron chi connectivity index (χ3n) is 3.83. The first-order valence-electron chi connectivity index (χ1n) is 7.29. The lowest BCUT2D eigenvalue weighted by Crippen LogP contribution is -2.38. The molecule has 0 aromatic heterocycles. The summed E-state index contributed by atoms with van der Waals surface area (Å²) in [6.45, 7) is 7.42. The van der Waals surface area contributed by atoms with Crippen molar-refractivity contribution in [1.29, 1.82) is 0 Å². The minimum Gasteiger partial charge on any atom is -0.356 e. The molecule has 1 atom stereocenters. The van der Waals surface area contributed by atoms with Gasteiger partial charge in [0.2, 0.25) is 5.91 Å². The Labute approximate surface area is 107 Å². The van der Waals surface area contributed by atoms with Gasteiger partial charge in [-0.15, -0.1) is 0 Å². The van der Waals surface area contributed by atoms with E-state index in [0.717, 1.165) is 19.4 Å². The Morgan fingerprint density at radius 1 is 0.941 bits per heavy atom. The number of hydrogen-bond donors (Lipinski definition) is 1. The Hall–Kier alpha value is -0.530. The molecule has 0 aromatic rings.